The molecule has 0 spiro atoms. The van der Waals surface area contributed by atoms with E-state index in [0.29, 0.717) is 44.5 Å². The van der Waals surface area contributed by atoms with E-state index in [-0.39, 0.29) is 24.1 Å². The van der Waals surface area contributed by atoms with Crippen LogP contribution >= 0.6 is 12.4 Å². The summed E-state index contributed by atoms with van der Waals surface area (Å²) in [7, 11) is 0. The molecule has 1 heterocycles. The van der Waals surface area contributed by atoms with Gasteiger partial charge in [0.05, 0.1) is 11.5 Å². The van der Waals surface area contributed by atoms with Gasteiger partial charge >= 0.3 is 0 Å². The topological polar surface area (TPSA) is 70.1 Å². The number of piperidine rings is 1. The number of nitrogens with zero attached hydrogens (tertiary/aromatic N) is 2. The van der Waals surface area contributed by atoms with Crippen LogP contribution in [0.15, 0.2) is 24.3 Å². The minimum Gasteiger partial charge on any atom is -0.370 e. The molecule has 0 unspecified atom stereocenters. The number of carbonyl (C=O) groups is 1. The Hall–Kier alpha value is -1.64. The lowest BCUT2D eigenvalue weighted by atomic mass is 9.74. The van der Waals surface area contributed by atoms with Gasteiger partial charge in [-0.3, -0.25) is 4.79 Å². The van der Waals surface area contributed by atoms with Gasteiger partial charge in [-0.2, -0.15) is 5.26 Å². The highest BCUT2D eigenvalue weighted by Crippen LogP contribution is 2.36. The Morgan fingerprint density at radius 1 is 1.38 bits per heavy atom. The molecule has 0 radical (unpaired) electrons. The molecular formula is C15H19ClFN3O. The van der Waals surface area contributed by atoms with Gasteiger partial charge in [0.1, 0.15) is 5.82 Å². The normalized spacial score (nSPS) is 17.5. The fourth-order valence-electron chi connectivity index (χ4n) is 2.72. The van der Waals surface area contributed by atoms with Crippen molar-refractivity contribution in [3.8, 4) is 6.07 Å². The lowest BCUT2D eigenvalue weighted by Gasteiger charge is -2.37. The third kappa shape index (κ3) is 3.93. The number of primary amides is 1. The molecule has 1 amide bonds. The maximum Gasteiger partial charge on any atom is 0.218 e. The summed E-state index contributed by atoms with van der Waals surface area (Å²) in [5.41, 5.74) is 4.86. The summed E-state index contributed by atoms with van der Waals surface area (Å²) in [5.74, 6) is -0.643. The molecule has 1 aliphatic rings. The molecule has 0 atom stereocenters. The van der Waals surface area contributed by atoms with Gasteiger partial charge in [0, 0.05) is 18.5 Å². The number of rotatable bonds is 4. The van der Waals surface area contributed by atoms with Crippen LogP contribution in [0.25, 0.3) is 0 Å². The summed E-state index contributed by atoms with van der Waals surface area (Å²) in [5, 5.41) is 9.51. The number of hydrogen-bond donors (Lipinski definition) is 1. The van der Waals surface area contributed by atoms with Crippen LogP contribution in [0.1, 0.15) is 24.8 Å². The molecule has 0 saturated carbocycles. The van der Waals surface area contributed by atoms with Gasteiger partial charge < -0.3 is 10.6 Å². The molecule has 1 aromatic rings. The first-order chi connectivity index (χ1) is 9.57. The van der Waals surface area contributed by atoms with E-state index in [1.54, 1.807) is 18.2 Å². The van der Waals surface area contributed by atoms with Crippen molar-refractivity contribution in [2.75, 3.05) is 19.6 Å². The summed E-state index contributed by atoms with van der Waals surface area (Å²) < 4.78 is 13.9. The molecule has 2 rings (SSSR count). The fraction of sp³-hybridized carbons (Fsp3) is 0.467. The number of amides is 1. The van der Waals surface area contributed by atoms with Crippen molar-refractivity contribution in [3.63, 3.8) is 0 Å². The van der Waals surface area contributed by atoms with Crippen LogP contribution in [-0.4, -0.2) is 30.4 Å². The Bertz CT molecular complexity index is 536. The van der Waals surface area contributed by atoms with Gasteiger partial charge in [0.15, 0.2) is 0 Å². The molecule has 1 aromatic carbocycles. The Morgan fingerprint density at radius 3 is 2.52 bits per heavy atom. The summed E-state index contributed by atoms with van der Waals surface area (Å²) in [6.07, 6.45) is 1.46. The highest BCUT2D eigenvalue weighted by atomic mass is 35.5. The number of halogens is 2. The predicted molar refractivity (Wildman–Crippen MR) is 80.4 cm³/mol. The molecule has 1 fully saturated rings. The summed E-state index contributed by atoms with van der Waals surface area (Å²) in [6.45, 7) is 1.96. The van der Waals surface area contributed by atoms with Gasteiger partial charge in [-0.25, -0.2) is 4.39 Å². The molecule has 114 valence electrons. The number of nitrogens with two attached hydrogens (primary N) is 1. The van der Waals surface area contributed by atoms with Crippen LogP contribution in [0.3, 0.4) is 0 Å². The maximum atomic E-state index is 13.9. The van der Waals surface area contributed by atoms with Crippen LogP contribution in [0.5, 0.6) is 0 Å². The Balaban J connectivity index is 0.00000220. The van der Waals surface area contributed by atoms with E-state index in [1.165, 1.54) is 6.07 Å². The van der Waals surface area contributed by atoms with E-state index in [9.17, 15) is 14.4 Å². The summed E-state index contributed by atoms with van der Waals surface area (Å²) in [6, 6.07) is 8.78. The second-order valence-electron chi connectivity index (χ2n) is 5.23. The highest BCUT2D eigenvalue weighted by molar-refractivity contribution is 5.85. The second kappa shape index (κ2) is 7.39. The van der Waals surface area contributed by atoms with Crippen molar-refractivity contribution in [2.45, 2.75) is 24.7 Å². The van der Waals surface area contributed by atoms with Gasteiger partial charge in [-0.05, 0) is 32.0 Å². The average Bonchev–Trinajstić information content (AvgIpc) is 2.46. The Labute approximate surface area is 130 Å². The van der Waals surface area contributed by atoms with Crippen LogP contribution in [0.4, 0.5) is 4.39 Å². The smallest absolute Gasteiger partial charge is 0.218 e. The summed E-state index contributed by atoms with van der Waals surface area (Å²) >= 11 is 0. The largest absolute Gasteiger partial charge is 0.370 e. The Kier molecular flexibility index (Phi) is 6.13. The first-order valence-corrected chi connectivity index (χ1v) is 6.74. The first kappa shape index (κ1) is 17.4. The van der Waals surface area contributed by atoms with Gasteiger partial charge in [-0.1, -0.05) is 18.2 Å². The molecule has 6 heteroatoms. The monoisotopic (exact) mass is 311 g/mol. The highest BCUT2D eigenvalue weighted by Gasteiger charge is 2.38. The zero-order valence-corrected chi connectivity index (χ0v) is 12.5. The predicted octanol–water partition coefficient (Wildman–Crippen LogP) is 1.98. The minimum absolute atomic E-state index is 0. The van der Waals surface area contributed by atoms with Crippen molar-refractivity contribution in [2.24, 2.45) is 5.73 Å². The second-order valence-corrected chi connectivity index (χ2v) is 5.23. The number of carbonyl (C=O) groups excluding carboxylic acids is 1. The zero-order valence-electron chi connectivity index (χ0n) is 11.7. The molecule has 1 saturated heterocycles. The first-order valence-electron chi connectivity index (χ1n) is 6.74. The molecular weight excluding hydrogens is 293 g/mol. The molecule has 4 nitrogen and oxygen atoms in total. The number of benzene rings is 1. The Morgan fingerprint density at radius 2 is 2.00 bits per heavy atom. The van der Waals surface area contributed by atoms with Crippen molar-refractivity contribution in [3.05, 3.63) is 35.6 Å². The van der Waals surface area contributed by atoms with Crippen LogP contribution in [0, 0.1) is 17.1 Å². The molecule has 0 aliphatic carbocycles. The fourth-order valence-corrected chi connectivity index (χ4v) is 2.72. The van der Waals surface area contributed by atoms with Gasteiger partial charge in [-0.15, -0.1) is 12.4 Å². The van der Waals surface area contributed by atoms with Crippen molar-refractivity contribution >= 4 is 18.3 Å². The van der Waals surface area contributed by atoms with E-state index >= 15 is 0 Å². The SMILES string of the molecule is Cl.N#CC1(c2ccccc2F)CCN(CCC(N)=O)CC1. The molecule has 0 aromatic heterocycles. The molecule has 2 N–H and O–H groups in total. The lowest BCUT2D eigenvalue weighted by molar-refractivity contribution is -0.118. The molecule has 0 bridgehead atoms. The summed E-state index contributed by atoms with van der Waals surface area (Å²) in [4.78, 5) is 12.9. The van der Waals surface area contributed by atoms with E-state index < -0.39 is 5.41 Å². The van der Waals surface area contributed by atoms with Crippen LogP contribution in [-0.2, 0) is 10.2 Å². The molecule has 1 aliphatic heterocycles. The van der Waals surface area contributed by atoms with Crippen molar-refractivity contribution in [1.82, 2.24) is 4.90 Å². The zero-order chi connectivity index (χ0) is 14.6. The average molecular weight is 312 g/mol. The molecule has 21 heavy (non-hydrogen) atoms. The van der Waals surface area contributed by atoms with Crippen LogP contribution in [0.2, 0.25) is 0 Å². The van der Waals surface area contributed by atoms with E-state index in [2.05, 4.69) is 11.0 Å². The van der Waals surface area contributed by atoms with Gasteiger partial charge in [0.2, 0.25) is 5.91 Å². The van der Waals surface area contributed by atoms with Crippen LogP contribution < -0.4 is 5.73 Å². The van der Waals surface area contributed by atoms with E-state index in [0.717, 1.165) is 0 Å². The van der Waals surface area contributed by atoms with Gasteiger partial charge in [0.25, 0.3) is 0 Å². The minimum atomic E-state index is -0.755. The maximum absolute atomic E-state index is 13.9. The number of nitriles is 1. The number of likely N-dealkylation sites (tertiary alicyclic amines) is 1. The third-order valence-electron chi connectivity index (χ3n) is 3.99. The third-order valence-corrected chi connectivity index (χ3v) is 3.99. The lowest BCUT2D eigenvalue weighted by Crippen LogP contribution is -2.43. The van der Waals surface area contributed by atoms with E-state index in [4.69, 9.17) is 5.73 Å². The van der Waals surface area contributed by atoms with Crippen molar-refractivity contribution in [1.29, 1.82) is 5.26 Å². The van der Waals surface area contributed by atoms with E-state index in [1.807, 2.05) is 0 Å². The number of hydrogen-bond acceptors (Lipinski definition) is 3. The van der Waals surface area contributed by atoms with Crippen molar-refractivity contribution < 1.29 is 9.18 Å². The quantitative estimate of drug-likeness (QED) is 0.924. The standard InChI is InChI=1S/C15H18FN3O.ClH/c16-13-4-2-1-3-12(13)15(11-17)6-9-19(10-7-15)8-5-14(18)20;/h1-4H,5-10H2,(H2,18,20);1H.